The second kappa shape index (κ2) is 6.21. The van der Waals surface area contributed by atoms with E-state index in [1.165, 1.54) is 6.07 Å². The summed E-state index contributed by atoms with van der Waals surface area (Å²) in [6.07, 6.45) is -0.0191. The van der Waals surface area contributed by atoms with E-state index in [0.29, 0.717) is 23.8 Å². The van der Waals surface area contributed by atoms with E-state index < -0.39 is 23.0 Å². The second-order valence-electron chi connectivity index (χ2n) is 5.36. The first-order chi connectivity index (χ1) is 10.3. The summed E-state index contributed by atoms with van der Waals surface area (Å²) in [5.74, 6) is -1.41. The van der Waals surface area contributed by atoms with E-state index >= 15 is 0 Å². The molecule has 2 rings (SSSR count). The van der Waals surface area contributed by atoms with Gasteiger partial charge in [-0.2, -0.15) is 0 Å². The molecule has 118 valence electrons. The summed E-state index contributed by atoms with van der Waals surface area (Å²) in [5, 5.41) is 7.90. The minimum Gasteiger partial charge on any atom is -0.466 e. The summed E-state index contributed by atoms with van der Waals surface area (Å²) in [4.78, 5) is 14.4. The number of hydrogen-bond acceptors (Lipinski definition) is 4. The molecule has 2 aromatic rings. The van der Waals surface area contributed by atoms with E-state index in [4.69, 9.17) is 4.74 Å². The van der Waals surface area contributed by atoms with Crippen LogP contribution >= 0.6 is 0 Å². The molecule has 7 heteroatoms. The maximum atomic E-state index is 13.4. The van der Waals surface area contributed by atoms with Gasteiger partial charge in [0.1, 0.15) is 18.1 Å². The van der Waals surface area contributed by atoms with Gasteiger partial charge >= 0.3 is 5.97 Å². The number of esters is 1. The number of rotatable bonds is 5. The first-order valence-corrected chi connectivity index (χ1v) is 6.87. The summed E-state index contributed by atoms with van der Waals surface area (Å²) < 4.78 is 31.3. The molecule has 0 aliphatic carbocycles. The molecule has 22 heavy (non-hydrogen) atoms. The van der Waals surface area contributed by atoms with Crippen molar-refractivity contribution in [1.82, 2.24) is 15.2 Å². The van der Waals surface area contributed by atoms with Crippen molar-refractivity contribution in [3.63, 3.8) is 0 Å². The molecule has 0 bridgehead atoms. The molecule has 0 atom stereocenters. The molecule has 5 nitrogen and oxygen atoms in total. The standard InChI is InChI=1S/C15H17F2N3O2/c1-4-22-13(21)8-12-18-14(20-19-12)15(2,3)9-5-6-10(16)11(17)7-9/h5-7H,4,8H2,1-3H3,(H,18,19,20). The summed E-state index contributed by atoms with van der Waals surface area (Å²) in [6, 6.07) is 3.69. The first kappa shape index (κ1) is 16.1. The van der Waals surface area contributed by atoms with Crippen LogP contribution in [0.1, 0.15) is 38.0 Å². The highest BCUT2D eigenvalue weighted by atomic mass is 19.2. The molecular weight excluding hydrogens is 292 g/mol. The van der Waals surface area contributed by atoms with E-state index in [9.17, 15) is 13.6 Å². The largest absolute Gasteiger partial charge is 0.466 e. The number of aromatic nitrogens is 3. The van der Waals surface area contributed by atoms with Gasteiger partial charge in [-0.3, -0.25) is 4.79 Å². The zero-order valence-electron chi connectivity index (χ0n) is 12.6. The lowest BCUT2D eigenvalue weighted by Gasteiger charge is -2.22. The van der Waals surface area contributed by atoms with E-state index in [0.717, 1.165) is 12.1 Å². The molecule has 1 aromatic carbocycles. The topological polar surface area (TPSA) is 67.9 Å². The quantitative estimate of drug-likeness (QED) is 0.862. The third-order valence-electron chi connectivity index (χ3n) is 3.38. The molecule has 1 aromatic heterocycles. The highest BCUT2D eigenvalue weighted by Gasteiger charge is 2.28. The average Bonchev–Trinajstić information content (AvgIpc) is 2.91. The lowest BCUT2D eigenvalue weighted by Crippen LogP contribution is -2.21. The van der Waals surface area contributed by atoms with Gasteiger partial charge in [0.15, 0.2) is 11.6 Å². The Kier molecular flexibility index (Phi) is 4.54. The van der Waals surface area contributed by atoms with Crippen molar-refractivity contribution in [2.45, 2.75) is 32.6 Å². The number of nitrogens with zero attached hydrogens (tertiary/aromatic N) is 2. The van der Waals surface area contributed by atoms with Crippen LogP contribution in [0.5, 0.6) is 0 Å². The van der Waals surface area contributed by atoms with Gasteiger partial charge in [0.2, 0.25) is 0 Å². The lowest BCUT2D eigenvalue weighted by atomic mass is 9.84. The molecule has 0 unspecified atom stereocenters. The number of halogens is 2. The Morgan fingerprint density at radius 2 is 2.00 bits per heavy atom. The number of carbonyl (C=O) groups is 1. The van der Waals surface area contributed by atoms with Crippen molar-refractivity contribution in [1.29, 1.82) is 0 Å². The fraction of sp³-hybridized carbons (Fsp3) is 0.400. The smallest absolute Gasteiger partial charge is 0.313 e. The monoisotopic (exact) mass is 309 g/mol. The van der Waals surface area contributed by atoms with Crippen LogP contribution in [0.2, 0.25) is 0 Å². The van der Waals surface area contributed by atoms with Gasteiger partial charge in [0.05, 0.1) is 6.61 Å². The van der Waals surface area contributed by atoms with Gasteiger partial charge in [-0.25, -0.2) is 8.78 Å². The predicted octanol–water partition coefficient (Wildman–Crippen LogP) is 2.51. The van der Waals surface area contributed by atoms with E-state index in [1.807, 2.05) is 0 Å². The molecule has 0 amide bonds. The van der Waals surface area contributed by atoms with Crippen LogP contribution in [0.3, 0.4) is 0 Å². The highest BCUT2D eigenvalue weighted by molar-refractivity contribution is 5.71. The Labute approximate surface area is 126 Å². The Morgan fingerprint density at radius 3 is 2.64 bits per heavy atom. The van der Waals surface area contributed by atoms with E-state index in [2.05, 4.69) is 15.2 Å². The third-order valence-corrected chi connectivity index (χ3v) is 3.38. The van der Waals surface area contributed by atoms with Crippen molar-refractivity contribution >= 4 is 5.97 Å². The normalized spacial score (nSPS) is 11.5. The SMILES string of the molecule is CCOC(=O)Cc1nnc(C(C)(C)c2ccc(F)c(F)c2)[nH]1. The van der Waals surface area contributed by atoms with Crippen LogP contribution < -0.4 is 0 Å². The van der Waals surface area contributed by atoms with Crippen LogP contribution in [0, 0.1) is 11.6 Å². The number of benzene rings is 1. The average molecular weight is 309 g/mol. The van der Waals surface area contributed by atoms with Crippen molar-refractivity contribution in [2.75, 3.05) is 6.61 Å². The molecular formula is C15H17F2N3O2. The van der Waals surface area contributed by atoms with Crippen molar-refractivity contribution in [3.05, 3.63) is 47.0 Å². The zero-order valence-corrected chi connectivity index (χ0v) is 12.6. The molecule has 0 aliphatic rings. The maximum Gasteiger partial charge on any atom is 0.313 e. The second-order valence-corrected chi connectivity index (χ2v) is 5.36. The van der Waals surface area contributed by atoms with Crippen molar-refractivity contribution < 1.29 is 18.3 Å². The van der Waals surface area contributed by atoms with Crippen LogP contribution in [0.25, 0.3) is 0 Å². The lowest BCUT2D eigenvalue weighted by molar-refractivity contribution is -0.142. The number of aromatic amines is 1. The van der Waals surface area contributed by atoms with Crippen LogP contribution in [-0.4, -0.2) is 27.8 Å². The summed E-state index contributed by atoms with van der Waals surface area (Å²) in [6.45, 7) is 5.61. The summed E-state index contributed by atoms with van der Waals surface area (Å²) >= 11 is 0. The van der Waals surface area contributed by atoms with Crippen molar-refractivity contribution in [2.24, 2.45) is 0 Å². The molecule has 0 spiro atoms. The molecule has 0 fully saturated rings. The summed E-state index contributed by atoms with van der Waals surface area (Å²) in [7, 11) is 0. The van der Waals surface area contributed by atoms with Gasteiger partial charge in [-0.05, 0) is 38.5 Å². The van der Waals surface area contributed by atoms with Gasteiger partial charge in [-0.1, -0.05) is 6.07 Å². The molecule has 0 aliphatic heterocycles. The molecule has 0 radical (unpaired) electrons. The summed E-state index contributed by atoms with van der Waals surface area (Å²) in [5.41, 5.74) is -0.167. The van der Waals surface area contributed by atoms with E-state index in [-0.39, 0.29) is 6.42 Å². The maximum absolute atomic E-state index is 13.4. The third kappa shape index (κ3) is 3.29. The van der Waals surface area contributed by atoms with Gasteiger partial charge in [-0.15, -0.1) is 10.2 Å². The Morgan fingerprint density at radius 1 is 1.27 bits per heavy atom. The molecule has 0 saturated carbocycles. The Hall–Kier alpha value is -2.31. The van der Waals surface area contributed by atoms with Crippen LogP contribution in [0.4, 0.5) is 8.78 Å². The Balaban J connectivity index is 2.24. The number of H-pyrrole nitrogens is 1. The van der Waals surface area contributed by atoms with Gasteiger partial charge in [0.25, 0.3) is 0 Å². The molecule has 1 N–H and O–H groups in total. The van der Waals surface area contributed by atoms with Crippen LogP contribution in [0.15, 0.2) is 18.2 Å². The van der Waals surface area contributed by atoms with E-state index in [1.54, 1.807) is 20.8 Å². The minimum atomic E-state index is -0.920. The number of hydrogen-bond donors (Lipinski definition) is 1. The molecule has 1 heterocycles. The highest BCUT2D eigenvalue weighted by Crippen LogP contribution is 2.29. The van der Waals surface area contributed by atoms with Crippen molar-refractivity contribution in [3.8, 4) is 0 Å². The number of carbonyl (C=O) groups excluding carboxylic acids is 1. The van der Waals surface area contributed by atoms with Gasteiger partial charge < -0.3 is 9.72 Å². The van der Waals surface area contributed by atoms with Crippen LogP contribution in [-0.2, 0) is 21.4 Å². The first-order valence-electron chi connectivity index (χ1n) is 6.87. The fourth-order valence-electron chi connectivity index (χ4n) is 2.03. The van der Waals surface area contributed by atoms with Gasteiger partial charge in [0, 0.05) is 5.41 Å². The number of ether oxygens (including phenoxy) is 1. The predicted molar refractivity (Wildman–Crippen MR) is 75.2 cm³/mol. The molecule has 0 saturated heterocycles. The Bertz CT molecular complexity index is 683. The minimum absolute atomic E-state index is 0.0191. The zero-order chi connectivity index (χ0) is 16.3. The fourth-order valence-corrected chi connectivity index (χ4v) is 2.03. The number of nitrogens with one attached hydrogen (secondary N) is 1.